The Morgan fingerprint density at radius 1 is 1.04 bits per heavy atom. The van der Waals surface area contributed by atoms with E-state index in [1.165, 1.54) is 24.3 Å². The van der Waals surface area contributed by atoms with E-state index in [4.69, 9.17) is 0 Å². The highest BCUT2D eigenvalue weighted by atomic mass is 19.1. The average molecular weight is 344 g/mol. The van der Waals surface area contributed by atoms with E-state index in [2.05, 4.69) is 5.32 Å². The van der Waals surface area contributed by atoms with E-state index in [1.54, 1.807) is 24.3 Å². The monoisotopic (exact) mass is 344 g/mol. The van der Waals surface area contributed by atoms with Crippen LogP contribution in [0.15, 0.2) is 48.5 Å². The van der Waals surface area contributed by atoms with Gasteiger partial charge in [0.25, 0.3) is 0 Å². The van der Waals surface area contributed by atoms with Crippen molar-refractivity contribution in [3.8, 4) is 0 Å². The van der Waals surface area contributed by atoms with Crippen LogP contribution in [0.4, 0.5) is 13.6 Å². The fourth-order valence-corrected chi connectivity index (χ4v) is 3.36. The van der Waals surface area contributed by atoms with E-state index in [1.807, 2.05) is 11.8 Å². The molecule has 1 saturated heterocycles. The van der Waals surface area contributed by atoms with Crippen LogP contribution >= 0.6 is 0 Å². The molecule has 0 spiro atoms. The van der Waals surface area contributed by atoms with Gasteiger partial charge in [-0.3, -0.25) is 0 Å². The molecule has 1 heterocycles. The first-order valence-electron chi connectivity index (χ1n) is 8.59. The van der Waals surface area contributed by atoms with E-state index >= 15 is 0 Å². The third-order valence-corrected chi connectivity index (χ3v) is 4.62. The number of hydrogen-bond donors (Lipinski definition) is 1. The summed E-state index contributed by atoms with van der Waals surface area (Å²) in [4.78, 5) is 13.6. The van der Waals surface area contributed by atoms with Crippen molar-refractivity contribution in [1.29, 1.82) is 0 Å². The molecular weight excluding hydrogens is 322 g/mol. The number of rotatable bonds is 6. The van der Waals surface area contributed by atoms with Crippen molar-refractivity contribution >= 4 is 6.03 Å². The van der Waals surface area contributed by atoms with E-state index in [0.717, 1.165) is 30.5 Å². The van der Waals surface area contributed by atoms with E-state index in [0.29, 0.717) is 6.54 Å². The molecule has 1 unspecified atom stereocenters. The van der Waals surface area contributed by atoms with Crippen LogP contribution in [0.3, 0.4) is 0 Å². The lowest BCUT2D eigenvalue weighted by Gasteiger charge is -2.20. The summed E-state index contributed by atoms with van der Waals surface area (Å²) in [5, 5.41) is 2.88. The van der Waals surface area contributed by atoms with Crippen molar-refractivity contribution in [2.24, 2.45) is 0 Å². The Morgan fingerprint density at radius 2 is 1.56 bits per heavy atom. The fraction of sp³-hybridized carbons (Fsp3) is 0.350. The standard InChI is InChI=1S/C20H22F2N2O/c1-14-13-24(20(25)23-14)12-2-3-19(15-4-8-17(21)9-5-15)16-6-10-18(22)11-7-16/h4-11,14,19H,2-3,12-13H2,1H3,(H,23,25). The van der Waals surface area contributed by atoms with Gasteiger partial charge in [0.05, 0.1) is 0 Å². The molecule has 1 N–H and O–H groups in total. The summed E-state index contributed by atoms with van der Waals surface area (Å²) in [6.07, 6.45) is 1.62. The molecule has 1 fully saturated rings. The second-order valence-corrected chi connectivity index (χ2v) is 6.59. The first kappa shape index (κ1) is 17.4. The lowest BCUT2D eigenvalue weighted by atomic mass is 9.87. The molecule has 132 valence electrons. The third kappa shape index (κ3) is 4.35. The fourth-order valence-electron chi connectivity index (χ4n) is 3.36. The normalized spacial score (nSPS) is 17.2. The summed E-state index contributed by atoms with van der Waals surface area (Å²) in [5.41, 5.74) is 1.99. The summed E-state index contributed by atoms with van der Waals surface area (Å²) in [6.45, 7) is 3.38. The molecule has 2 aromatic rings. The van der Waals surface area contributed by atoms with Gasteiger partial charge in [-0.25, -0.2) is 13.6 Å². The van der Waals surface area contributed by atoms with Crippen LogP contribution in [0.25, 0.3) is 0 Å². The second-order valence-electron chi connectivity index (χ2n) is 6.59. The number of urea groups is 1. The van der Waals surface area contributed by atoms with Crippen molar-refractivity contribution in [3.05, 3.63) is 71.3 Å². The molecule has 2 amide bonds. The minimum Gasteiger partial charge on any atom is -0.334 e. The Labute approximate surface area is 146 Å². The predicted molar refractivity (Wildman–Crippen MR) is 93.4 cm³/mol. The number of amides is 2. The van der Waals surface area contributed by atoms with Gasteiger partial charge in [0.1, 0.15) is 11.6 Å². The Hall–Kier alpha value is -2.43. The van der Waals surface area contributed by atoms with Crippen LogP contribution in [0.2, 0.25) is 0 Å². The van der Waals surface area contributed by atoms with Gasteiger partial charge in [0.15, 0.2) is 0 Å². The SMILES string of the molecule is CC1CN(CCCC(c2ccc(F)cc2)c2ccc(F)cc2)C(=O)N1. The zero-order valence-corrected chi connectivity index (χ0v) is 14.2. The van der Waals surface area contributed by atoms with Crippen molar-refractivity contribution in [2.45, 2.75) is 31.7 Å². The molecule has 0 bridgehead atoms. The second kappa shape index (κ2) is 7.64. The van der Waals surface area contributed by atoms with Gasteiger partial charge in [-0.05, 0) is 55.2 Å². The lowest BCUT2D eigenvalue weighted by Crippen LogP contribution is -2.29. The number of nitrogens with one attached hydrogen (secondary N) is 1. The highest BCUT2D eigenvalue weighted by Crippen LogP contribution is 2.30. The molecule has 1 aliphatic heterocycles. The third-order valence-electron chi connectivity index (χ3n) is 4.62. The predicted octanol–water partition coefficient (Wildman–Crippen LogP) is 4.29. The molecule has 0 aromatic heterocycles. The largest absolute Gasteiger partial charge is 0.334 e. The van der Waals surface area contributed by atoms with Gasteiger partial charge in [-0.2, -0.15) is 0 Å². The van der Waals surface area contributed by atoms with Gasteiger partial charge in [-0.1, -0.05) is 24.3 Å². The Balaban J connectivity index is 1.71. The number of hydrogen-bond acceptors (Lipinski definition) is 1. The van der Waals surface area contributed by atoms with Crippen molar-refractivity contribution < 1.29 is 13.6 Å². The molecule has 3 rings (SSSR count). The molecule has 0 radical (unpaired) electrons. The molecule has 5 heteroatoms. The Kier molecular flexibility index (Phi) is 5.31. The van der Waals surface area contributed by atoms with E-state index in [9.17, 15) is 13.6 Å². The zero-order chi connectivity index (χ0) is 17.8. The number of carbonyl (C=O) groups excluding carboxylic acids is 1. The number of nitrogens with zero attached hydrogens (tertiary/aromatic N) is 1. The van der Waals surface area contributed by atoms with Gasteiger partial charge < -0.3 is 10.2 Å². The lowest BCUT2D eigenvalue weighted by molar-refractivity contribution is 0.216. The minimum atomic E-state index is -0.274. The first-order chi connectivity index (χ1) is 12.0. The van der Waals surface area contributed by atoms with Crippen LogP contribution in [0.1, 0.15) is 36.8 Å². The quantitative estimate of drug-likeness (QED) is 0.833. The van der Waals surface area contributed by atoms with Crippen LogP contribution < -0.4 is 5.32 Å². The first-order valence-corrected chi connectivity index (χ1v) is 8.59. The van der Waals surface area contributed by atoms with E-state index in [-0.39, 0.29) is 29.6 Å². The van der Waals surface area contributed by atoms with Gasteiger partial charge in [0.2, 0.25) is 0 Å². The van der Waals surface area contributed by atoms with Gasteiger partial charge in [0, 0.05) is 25.0 Å². The summed E-state index contributed by atoms with van der Waals surface area (Å²) < 4.78 is 26.5. The van der Waals surface area contributed by atoms with Gasteiger partial charge >= 0.3 is 6.03 Å². The molecule has 0 saturated carbocycles. The number of benzene rings is 2. The number of carbonyl (C=O) groups is 1. The van der Waals surface area contributed by atoms with Crippen molar-refractivity contribution in [1.82, 2.24) is 10.2 Å². The molecule has 25 heavy (non-hydrogen) atoms. The average Bonchev–Trinajstić information content (AvgIpc) is 2.91. The molecule has 2 aromatic carbocycles. The summed E-state index contributed by atoms with van der Waals surface area (Å²) in [6, 6.07) is 13.0. The molecular formula is C20H22F2N2O. The smallest absolute Gasteiger partial charge is 0.317 e. The maximum Gasteiger partial charge on any atom is 0.317 e. The summed E-state index contributed by atoms with van der Waals surface area (Å²) in [7, 11) is 0. The van der Waals surface area contributed by atoms with Crippen LogP contribution in [-0.2, 0) is 0 Å². The highest BCUT2D eigenvalue weighted by Gasteiger charge is 2.25. The van der Waals surface area contributed by atoms with Crippen molar-refractivity contribution in [3.63, 3.8) is 0 Å². The Bertz CT molecular complexity index is 670. The van der Waals surface area contributed by atoms with E-state index < -0.39 is 0 Å². The maximum atomic E-state index is 13.2. The minimum absolute atomic E-state index is 0.0207. The van der Waals surface area contributed by atoms with Gasteiger partial charge in [-0.15, -0.1) is 0 Å². The topological polar surface area (TPSA) is 32.3 Å². The zero-order valence-electron chi connectivity index (χ0n) is 14.2. The van der Waals surface area contributed by atoms with Crippen LogP contribution in [0.5, 0.6) is 0 Å². The number of halogens is 2. The van der Waals surface area contributed by atoms with Crippen LogP contribution in [0, 0.1) is 11.6 Å². The molecule has 1 aliphatic rings. The summed E-state index contributed by atoms with van der Waals surface area (Å²) >= 11 is 0. The van der Waals surface area contributed by atoms with Crippen molar-refractivity contribution in [2.75, 3.05) is 13.1 Å². The molecule has 0 aliphatic carbocycles. The molecule has 3 nitrogen and oxygen atoms in total. The summed E-state index contributed by atoms with van der Waals surface area (Å²) in [5.74, 6) is -0.502. The Morgan fingerprint density at radius 3 is 2.00 bits per heavy atom. The maximum absolute atomic E-state index is 13.2. The molecule has 1 atom stereocenters. The highest BCUT2D eigenvalue weighted by molar-refractivity contribution is 5.76. The van der Waals surface area contributed by atoms with Crippen LogP contribution in [-0.4, -0.2) is 30.1 Å².